The van der Waals surface area contributed by atoms with Crippen molar-refractivity contribution in [1.29, 1.82) is 0 Å². The summed E-state index contributed by atoms with van der Waals surface area (Å²) in [4.78, 5) is 22.8. The summed E-state index contributed by atoms with van der Waals surface area (Å²) in [5.41, 5.74) is 0.146. The standard InChI is InChI=1S/C14H18BrN3O3/c1-2-14(6-3-7-16-9-14)13(19)17-12-5-4-10(18(20)21)8-11(12)15/h4-5,8,16H,2-3,6-7,9H2,1H3,(H,17,19). The van der Waals surface area contributed by atoms with E-state index in [1.165, 1.54) is 12.1 Å². The topological polar surface area (TPSA) is 84.3 Å². The van der Waals surface area contributed by atoms with E-state index < -0.39 is 10.3 Å². The Morgan fingerprint density at radius 3 is 2.86 bits per heavy atom. The van der Waals surface area contributed by atoms with Crippen LogP contribution in [-0.4, -0.2) is 23.9 Å². The predicted molar refractivity (Wildman–Crippen MR) is 84.3 cm³/mol. The fourth-order valence-corrected chi connectivity index (χ4v) is 3.06. The van der Waals surface area contributed by atoms with Crippen molar-refractivity contribution in [2.24, 2.45) is 5.41 Å². The number of carbonyl (C=O) groups excluding carboxylic acids is 1. The number of rotatable bonds is 4. The van der Waals surface area contributed by atoms with Crippen molar-refractivity contribution in [1.82, 2.24) is 5.32 Å². The second-order valence-corrected chi connectivity index (χ2v) is 6.14. The van der Waals surface area contributed by atoms with Crippen molar-refractivity contribution >= 4 is 33.2 Å². The van der Waals surface area contributed by atoms with Crippen LogP contribution in [0.15, 0.2) is 22.7 Å². The van der Waals surface area contributed by atoms with Gasteiger partial charge in [-0.05, 0) is 47.8 Å². The van der Waals surface area contributed by atoms with Crippen molar-refractivity contribution in [3.63, 3.8) is 0 Å². The van der Waals surface area contributed by atoms with Crippen LogP contribution in [0.5, 0.6) is 0 Å². The first-order chi connectivity index (χ1) is 9.98. The lowest BCUT2D eigenvalue weighted by atomic mass is 9.77. The van der Waals surface area contributed by atoms with E-state index in [0.29, 0.717) is 16.7 Å². The summed E-state index contributed by atoms with van der Waals surface area (Å²) >= 11 is 3.27. The van der Waals surface area contributed by atoms with Crippen LogP contribution in [0.1, 0.15) is 26.2 Å². The highest BCUT2D eigenvalue weighted by molar-refractivity contribution is 9.10. The number of benzene rings is 1. The molecule has 0 radical (unpaired) electrons. The molecule has 1 unspecified atom stereocenters. The molecule has 1 heterocycles. The highest BCUT2D eigenvalue weighted by atomic mass is 79.9. The largest absolute Gasteiger partial charge is 0.325 e. The molecule has 1 saturated heterocycles. The summed E-state index contributed by atoms with van der Waals surface area (Å²) in [7, 11) is 0. The molecule has 1 amide bonds. The zero-order chi connectivity index (χ0) is 15.5. The molecule has 0 saturated carbocycles. The first kappa shape index (κ1) is 15.9. The number of nitro benzene ring substituents is 1. The van der Waals surface area contributed by atoms with E-state index in [1.807, 2.05) is 6.92 Å². The smallest absolute Gasteiger partial charge is 0.270 e. The van der Waals surface area contributed by atoms with Crippen molar-refractivity contribution in [2.75, 3.05) is 18.4 Å². The van der Waals surface area contributed by atoms with Gasteiger partial charge >= 0.3 is 0 Å². The van der Waals surface area contributed by atoms with Crippen LogP contribution in [0.25, 0.3) is 0 Å². The summed E-state index contributed by atoms with van der Waals surface area (Å²) in [6, 6.07) is 4.34. The highest BCUT2D eigenvalue weighted by Gasteiger charge is 2.38. The minimum atomic E-state index is -0.463. The van der Waals surface area contributed by atoms with Gasteiger partial charge in [-0.1, -0.05) is 6.92 Å². The first-order valence-electron chi connectivity index (χ1n) is 6.94. The monoisotopic (exact) mass is 355 g/mol. The fourth-order valence-electron chi connectivity index (χ4n) is 2.60. The Hall–Kier alpha value is -1.47. The molecule has 1 aromatic carbocycles. The van der Waals surface area contributed by atoms with E-state index >= 15 is 0 Å². The maximum atomic E-state index is 12.6. The molecule has 7 heteroatoms. The Morgan fingerprint density at radius 1 is 1.57 bits per heavy atom. The summed E-state index contributed by atoms with van der Waals surface area (Å²) in [5.74, 6) is -0.0354. The van der Waals surface area contributed by atoms with Crippen LogP contribution in [0.4, 0.5) is 11.4 Å². The third-order valence-corrected chi connectivity index (χ3v) is 4.70. The molecule has 0 aromatic heterocycles. The van der Waals surface area contributed by atoms with E-state index in [1.54, 1.807) is 6.07 Å². The van der Waals surface area contributed by atoms with Gasteiger partial charge in [0.1, 0.15) is 0 Å². The number of piperidine rings is 1. The number of amides is 1. The minimum absolute atomic E-state index is 0.00980. The molecule has 1 atom stereocenters. The van der Waals surface area contributed by atoms with E-state index in [9.17, 15) is 14.9 Å². The van der Waals surface area contributed by atoms with Crippen molar-refractivity contribution in [3.8, 4) is 0 Å². The molecule has 1 fully saturated rings. The molecule has 2 N–H and O–H groups in total. The molecular formula is C14H18BrN3O3. The Labute approximate surface area is 131 Å². The Balaban J connectivity index is 2.17. The van der Waals surface area contributed by atoms with Gasteiger partial charge < -0.3 is 10.6 Å². The summed E-state index contributed by atoms with van der Waals surface area (Å²) in [6.45, 7) is 3.62. The third-order valence-electron chi connectivity index (χ3n) is 4.04. The number of carbonyl (C=O) groups is 1. The van der Waals surface area contributed by atoms with Gasteiger partial charge in [-0.3, -0.25) is 14.9 Å². The number of nitrogens with zero attached hydrogens (tertiary/aromatic N) is 1. The number of non-ortho nitro benzene ring substituents is 1. The number of nitrogens with one attached hydrogen (secondary N) is 2. The average Bonchev–Trinajstić information content (AvgIpc) is 2.49. The van der Waals surface area contributed by atoms with E-state index in [2.05, 4.69) is 26.6 Å². The van der Waals surface area contributed by atoms with Gasteiger partial charge in [0, 0.05) is 23.2 Å². The average molecular weight is 356 g/mol. The number of hydrogen-bond donors (Lipinski definition) is 2. The van der Waals surface area contributed by atoms with Gasteiger partial charge in [0.15, 0.2) is 0 Å². The molecular weight excluding hydrogens is 338 g/mol. The molecule has 21 heavy (non-hydrogen) atoms. The predicted octanol–water partition coefficient (Wildman–Crippen LogP) is 3.08. The van der Waals surface area contributed by atoms with Crippen LogP contribution in [-0.2, 0) is 4.79 Å². The molecule has 1 aliphatic rings. The zero-order valence-electron chi connectivity index (χ0n) is 11.8. The quantitative estimate of drug-likeness (QED) is 0.641. The van der Waals surface area contributed by atoms with Crippen LogP contribution >= 0.6 is 15.9 Å². The molecule has 0 spiro atoms. The Bertz CT molecular complexity index is 556. The lowest BCUT2D eigenvalue weighted by molar-refractivity contribution is -0.384. The molecule has 0 aliphatic carbocycles. The molecule has 114 valence electrons. The molecule has 2 rings (SSSR count). The Morgan fingerprint density at radius 2 is 2.33 bits per heavy atom. The van der Waals surface area contributed by atoms with Gasteiger partial charge in [-0.15, -0.1) is 0 Å². The number of anilines is 1. The highest BCUT2D eigenvalue weighted by Crippen LogP contribution is 2.33. The molecule has 1 aromatic rings. The fraction of sp³-hybridized carbons (Fsp3) is 0.500. The second kappa shape index (κ2) is 6.53. The van der Waals surface area contributed by atoms with E-state index in [0.717, 1.165) is 25.8 Å². The van der Waals surface area contributed by atoms with Crippen molar-refractivity contribution in [3.05, 3.63) is 32.8 Å². The number of nitro groups is 1. The van der Waals surface area contributed by atoms with Crippen LogP contribution in [0, 0.1) is 15.5 Å². The van der Waals surface area contributed by atoms with Gasteiger partial charge in [0.05, 0.1) is 16.0 Å². The normalized spacial score (nSPS) is 21.8. The summed E-state index contributed by atoms with van der Waals surface area (Å²) in [5, 5.41) is 16.9. The SMILES string of the molecule is CCC1(C(=O)Nc2ccc([N+](=O)[O-])cc2Br)CCCNC1. The Kier molecular flexibility index (Phi) is 4.95. The molecule has 1 aliphatic heterocycles. The van der Waals surface area contributed by atoms with E-state index in [4.69, 9.17) is 0 Å². The number of hydrogen-bond acceptors (Lipinski definition) is 4. The van der Waals surface area contributed by atoms with Crippen molar-refractivity contribution < 1.29 is 9.72 Å². The zero-order valence-corrected chi connectivity index (χ0v) is 13.4. The van der Waals surface area contributed by atoms with Gasteiger partial charge in [0.25, 0.3) is 5.69 Å². The third kappa shape index (κ3) is 3.41. The number of halogens is 1. The lowest BCUT2D eigenvalue weighted by Gasteiger charge is -2.35. The van der Waals surface area contributed by atoms with Crippen molar-refractivity contribution in [2.45, 2.75) is 26.2 Å². The van der Waals surface area contributed by atoms with E-state index in [-0.39, 0.29) is 11.6 Å². The van der Waals surface area contributed by atoms with Gasteiger partial charge in [0.2, 0.25) is 5.91 Å². The molecule has 0 bridgehead atoms. The van der Waals surface area contributed by atoms with Crippen LogP contribution in [0.3, 0.4) is 0 Å². The maximum Gasteiger partial charge on any atom is 0.270 e. The lowest BCUT2D eigenvalue weighted by Crippen LogP contribution is -2.47. The first-order valence-corrected chi connectivity index (χ1v) is 7.74. The van der Waals surface area contributed by atoms with Gasteiger partial charge in [-0.25, -0.2) is 0 Å². The second-order valence-electron chi connectivity index (χ2n) is 5.29. The van der Waals surface area contributed by atoms with Crippen LogP contribution in [0.2, 0.25) is 0 Å². The molecule has 6 nitrogen and oxygen atoms in total. The van der Waals surface area contributed by atoms with Gasteiger partial charge in [-0.2, -0.15) is 0 Å². The maximum absolute atomic E-state index is 12.6. The minimum Gasteiger partial charge on any atom is -0.325 e. The van der Waals surface area contributed by atoms with Crippen LogP contribution < -0.4 is 10.6 Å². The summed E-state index contributed by atoms with van der Waals surface area (Å²) < 4.78 is 0.514. The summed E-state index contributed by atoms with van der Waals surface area (Å²) in [6.07, 6.45) is 2.59.